The van der Waals surface area contributed by atoms with E-state index in [9.17, 15) is 0 Å². The summed E-state index contributed by atoms with van der Waals surface area (Å²) in [6.07, 6.45) is 3.52. The van der Waals surface area contributed by atoms with Crippen LogP contribution >= 0.6 is 0 Å². The van der Waals surface area contributed by atoms with Gasteiger partial charge in [0, 0.05) is 42.4 Å². The zero-order valence-electron chi connectivity index (χ0n) is 13.8. The molecule has 1 N–H and O–H groups in total. The summed E-state index contributed by atoms with van der Waals surface area (Å²) >= 11 is 0. The predicted octanol–water partition coefficient (Wildman–Crippen LogP) is 3.24. The highest BCUT2D eigenvalue weighted by Gasteiger charge is 2.09. The van der Waals surface area contributed by atoms with E-state index in [0.717, 1.165) is 35.8 Å². The Bertz CT molecular complexity index is 599. The molecule has 0 aliphatic carbocycles. The number of aryl methyl sites for hydroxylation is 1. The van der Waals surface area contributed by atoms with Gasteiger partial charge in [-0.3, -0.25) is 4.98 Å². The van der Waals surface area contributed by atoms with E-state index in [4.69, 9.17) is 4.74 Å². The molecular weight excluding hydrogens is 276 g/mol. The van der Waals surface area contributed by atoms with E-state index in [1.54, 1.807) is 12.4 Å². The molecule has 0 amide bonds. The normalized spacial score (nSPS) is 11.0. The van der Waals surface area contributed by atoms with E-state index < -0.39 is 0 Å². The number of nitrogens with one attached hydrogen (secondary N) is 1. The molecule has 0 aliphatic rings. The molecule has 0 fully saturated rings. The highest BCUT2D eigenvalue weighted by molar-refractivity contribution is 5.58. The average molecular weight is 300 g/mol. The van der Waals surface area contributed by atoms with E-state index in [1.165, 1.54) is 0 Å². The first-order chi connectivity index (χ1) is 10.6. The van der Waals surface area contributed by atoms with Crippen LogP contribution in [0.4, 0.5) is 5.82 Å². The first-order valence-electron chi connectivity index (χ1n) is 7.65. The van der Waals surface area contributed by atoms with Crippen LogP contribution in [0.1, 0.15) is 25.1 Å². The van der Waals surface area contributed by atoms with Gasteiger partial charge >= 0.3 is 0 Å². The summed E-state index contributed by atoms with van der Waals surface area (Å²) in [5.74, 6) is 2.11. The molecule has 0 spiro atoms. The summed E-state index contributed by atoms with van der Waals surface area (Å²) < 4.78 is 5.59. The summed E-state index contributed by atoms with van der Waals surface area (Å²) in [6, 6.07) is 3.85. The molecule has 0 saturated heterocycles. The third-order valence-corrected chi connectivity index (χ3v) is 3.30. The van der Waals surface area contributed by atoms with Gasteiger partial charge in [0.05, 0.1) is 6.61 Å². The Balaban J connectivity index is 2.06. The van der Waals surface area contributed by atoms with Crippen molar-refractivity contribution < 1.29 is 4.74 Å². The number of nitrogens with zero attached hydrogens (tertiary/aromatic N) is 3. The molecule has 2 rings (SSSR count). The molecule has 118 valence electrons. The average Bonchev–Trinajstić information content (AvgIpc) is 2.51. The third kappa shape index (κ3) is 4.49. The van der Waals surface area contributed by atoms with Crippen molar-refractivity contribution in [2.24, 2.45) is 5.92 Å². The molecule has 0 unspecified atom stereocenters. The van der Waals surface area contributed by atoms with Crippen molar-refractivity contribution in [1.82, 2.24) is 15.0 Å². The van der Waals surface area contributed by atoms with Crippen LogP contribution in [-0.2, 0) is 4.74 Å². The summed E-state index contributed by atoms with van der Waals surface area (Å²) in [4.78, 5) is 13.3. The van der Waals surface area contributed by atoms with Crippen LogP contribution in [0, 0.1) is 19.8 Å². The van der Waals surface area contributed by atoms with Crippen molar-refractivity contribution in [3.05, 3.63) is 35.8 Å². The fourth-order valence-corrected chi connectivity index (χ4v) is 1.99. The van der Waals surface area contributed by atoms with Gasteiger partial charge in [0.15, 0.2) is 5.82 Å². The highest BCUT2D eigenvalue weighted by Crippen LogP contribution is 2.20. The zero-order valence-corrected chi connectivity index (χ0v) is 13.8. The van der Waals surface area contributed by atoms with Crippen molar-refractivity contribution in [1.29, 1.82) is 0 Å². The Morgan fingerprint density at radius 2 is 2.05 bits per heavy atom. The van der Waals surface area contributed by atoms with Crippen LogP contribution < -0.4 is 5.32 Å². The number of hydrogen-bond acceptors (Lipinski definition) is 5. The second-order valence-electron chi connectivity index (χ2n) is 5.74. The molecule has 2 heterocycles. The molecular formula is C17H24N4O. The van der Waals surface area contributed by atoms with Gasteiger partial charge in [-0.25, -0.2) is 9.97 Å². The van der Waals surface area contributed by atoms with Gasteiger partial charge in [-0.2, -0.15) is 0 Å². The third-order valence-electron chi connectivity index (χ3n) is 3.30. The monoisotopic (exact) mass is 300 g/mol. The number of ether oxygens (including phenoxy) is 1. The van der Waals surface area contributed by atoms with E-state index in [2.05, 4.69) is 34.1 Å². The maximum absolute atomic E-state index is 5.59. The van der Waals surface area contributed by atoms with Crippen LogP contribution in [0.25, 0.3) is 11.4 Å². The van der Waals surface area contributed by atoms with Crippen LogP contribution in [0.5, 0.6) is 0 Å². The van der Waals surface area contributed by atoms with Gasteiger partial charge in [-0.15, -0.1) is 0 Å². The van der Waals surface area contributed by atoms with E-state index in [1.807, 2.05) is 26.0 Å². The van der Waals surface area contributed by atoms with E-state index in [0.29, 0.717) is 18.3 Å². The minimum atomic E-state index is 0.556. The maximum Gasteiger partial charge on any atom is 0.163 e. The lowest BCUT2D eigenvalue weighted by atomic mass is 10.2. The van der Waals surface area contributed by atoms with Gasteiger partial charge in [0.1, 0.15) is 5.82 Å². The molecule has 22 heavy (non-hydrogen) atoms. The van der Waals surface area contributed by atoms with Gasteiger partial charge in [0.2, 0.25) is 0 Å². The lowest BCUT2D eigenvalue weighted by Gasteiger charge is -2.13. The quantitative estimate of drug-likeness (QED) is 0.795. The molecule has 0 aliphatic heterocycles. The predicted molar refractivity (Wildman–Crippen MR) is 88.9 cm³/mol. The number of anilines is 1. The molecule has 5 heteroatoms. The molecule has 0 aromatic carbocycles. The Labute approximate surface area is 132 Å². The highest BCUT2D eigenvalue weighted by atomic mass is 16.5. The van der Waals surface area contributed by atoms with Gasteiger partial charge in [0.25, 0.3) is 0 Å². The van der Waals surface area contributed by atoms with E-state index >= 15 is 0 Å². The molecule has 5 nitrogen and oxygen atoms in total. The van der Waals surface area contributed by atoms with Crippen molar-refractivity contribution in [3.63, 3.8) is 0 Å². The van der Waals surface area contributed by atoms with E-state index in [-0.39, 0.29) is 0 Å². The smallest absolute Gasteiger partial charge is 0.163 e. The van der Waals surface area contributed by atoms with Crippen molar-refractivity contribution in [3.8, 4) is 11.4 Å². The number of pyridine rings is 1. The Morgan fingerprint density at radius 3 is 2.73 bits per heavy atom. The Morgan fingerprint density at radius 1 is 1.23 bits per heavy atom. The summed E-state index contributed by atoms with van der Waals surface area (Å²) in [7, 11) is 0. The fraction of sp³-hybridized carbons (Fsp3) is 0.471. The molecule has 0 saturated carbocycles. The first kappa shape index (κ1) is 16.4. The summed E-state index contributed by atoms with van der Waals surface area (Å²) in [5, 5.41) is 3.34. The van der Waals surface area contributed by atoms with Crippen LogP contribution in [0.3, 0.4) is 0 Å². The zero-order chi connectivity index (χ0) is 15.9. The standard InChI is InChI=1S/C17H24N4O/c1-12(2)11-22-9-8-19-16-13(3)14(4)20-17(21-16)15-6-5-7-18-10-15/h5-7,10,12H,8-9,11H2,1-4H3,(H,19,20,21). The van der Waals surface area contributed by atoms with Gasteiger partial charge in [-0.05, 0) is 31.9 Å². The molecule has 0 atom stereocenters. The van der Waals surface area contributed by atoms with Crippen molar-refractivity contribution in [2.75, 3.05) is 25.1 Å². The minimum Gasteiger partial charge on any atom is -0.379 e. The Hall–Kier alpha value is -2.01. The van der Waals surface area contributed by atoms with Crippen molar-refractivity contribution in [2.45, 2.75) is 27.7 Å². The second-order valence-corrected chi connectivity index (χ2v) is 5.74. The molecule has 2 aromatic rings. The van der Waals surface area contributed by atoms with Crippen LogP contribution in [-0.4, -0.2) is 34.7 Å². The number of hydrogen-bond donors (Lipinski definition) is 1. The summed E-state index contributed by atoms with van der Waals surface area (Å²) in [5.41, 5.74) is 2.96. The molecule has 2 aromatic heterocycles. The lowest BCUT2D eigenvalue weighted by molar-refractivity contribution is 0.118. The second kappa shape index (κ2) is 7.84. The van der Waals surface area contributed by atoms with Crippen LogP contribution in [0.15, 0.2) is 24.5 Å². The number of rotatable bonds is 7. The van der Waals surface area contributed by atoms with Crippen LogP contribution in [0.2, 0.25) is 0 Å². The Kier molecular flexibility index (Phi) is 5.83. The number of aromatic nitrogens is 3. The SMILES string of the molecule is Cc1nc(-c2cccnc2)nc(NCCOCC(C)C)c1C. The molecule has 0 radical (unpaired) electrons. The van der Waals surface area contributed by atoms with Crippen molar-refractivity contribution >= 4 is 5.82 Å². The molecule has 0 bridgehead atoms. The maximum atomic E-state index is 5.59. The first-order valence-corrected chi connectivity index (χ1v) is 7.65. The fourth-order valence-electron chi connectivity index (χ4n) is 1.99. The minimum absolute atomic E-state index is 0.556. The lowest BCUT2D eigenvalue weighted by Crippen LogP contribution is -2.14. The summed E-state index contributed by atoms with van der Waals surface area (Å²) in [6.45, 7) is 10.5. The van der Waals surface area contributed by atoms with Gasteiger partial charge in [-0.1, -0.05) is 13.8 Å². The van der Waals surface area contributed by atoms with Gasteiger partial charge < -0.3 is 10.1 Å². The largest absolute Gasteiger partial charge is 0.379 e. The topological polar surface area (TPSA) is 59.9 Å².